The Morgan fingerprint density at radius 2 is 2.11 bits per heavy atom. The van der Waals surface area contributed by atoms with E-state index >= 15 is 0 Å². The second kappa shape index (κ2) is 5.85. The summed E-state index contributed by atoms with van der Waals surface area (Å²) in [5.74, 6) is 2.03. The predicted octanol–water partition coefficient (Wildman–Crippen LogP) is 4.07. The summed E-state index contributed by atoms with van der Waals surface area (Å²) >= 11 is 8.37. The third kappa shape index (κ3) is 2.87. The van der Waals surface area contributed by atoms with Gasteiger partial charge in [-0.2, -0.15) is 11.8 Å². The molecule has 0 amide bonds. The van der Waals surface area contributed by atoms with Crippen LogP contribution in [-0.2, 0) is 0 Å². The number of hydrogen-bond acceptors (Lipinski definition) is 2. The Kier molecular flexibility index (Phi) is 4.17. The van der Waals surface area contributed by atoms with Gasteiger partial charge >= 0.3 is 0 Å². The Morgan fingerprint density at radius 3 is 2.83 bits per heavy atom. The molecule has 2 fully saturated rings. The van der Waals surface area contributed by atoms with Crippen LogP contribution in [0.5, 0.6) is 0 Å². The Bertz CT molecular complexity index is 397. The van der Waals surface area contributed by atoms with Crippen molar-refractivity contribution in [1.82, 2.24) is 5.32 Å². The van der Waals surface area contributed by atoms with Crippen molar-refractivity contribution < 1.29 is 0 Å². The number of hydrogen-bond donors (Lipinski definition) is 1. The van der Waals surface area contributed by atoms with Crippen LogP contribution in [0.2, 0.25) is 5.02 Å². The molecule has 0 spiro atoms. The highest BCUT2D eigenvalue weighted by Gasteiger charge is 2.31. The number of thioether (sulfide) groups is 1. The zero-order valence-corrected chi connectivity index (χ0v) is 12.1. The fourth-order valence-electron chi connectivity index (χ4n) is 2.95. The Hall–Kier alpha value is -0.180. The number of halogens is 1. The summed E-state index contributed by atoms with van der Waals surface area (Å²) in [7, 11) is 0. The first kappa shape index (κ1) is 12.8. The van der Waals surface area contributed by atoms with Crippen molar-refractivity contribution in [2.24, 2.45) is 0 Å². The van der Waals surface area contributed by atoms with E-state index < -0.39 is 0 Å². The zero-order chi connectivity index (χ0) is 12.4. The van der Waals surface area contributed by atoms with Crippen LogP contribution in [0.25, 0.3) is 0 Å². The summed E-state index contributed by atoms with van der Waals surface area (Å²) in [6.45, 7) is 1.20. The SMILES string of the molecule is Clc1ccccc1C1CC(NCC2CCCS2)C1. The van der Waals surface area contributed by atoms with E-state index in [4.69, 9.17) is 11.6 Å². The first-order chi connectivity index (χ1) is 8.83. The molecule has 0 radical (unpaired) electrons. The van der Waals surface area contributed by atoms with E-state index in [1.807, 2.05) is 12.1 Å². The highest BCUT2D eigenvalue weighted by atomic mass is 35.5. The molecule has 3 heteroatoms. The second-order valence-corrected chi connectivity index (χ2v) is 7.25. The molecule has 98 valence electrons. The molecule has 1 N–H and O–H groups in total. The monoisotopic (exact) mass is 281 g/mol. The minimum atomic E-state index is 0.674. The van der Waals surface area contributed by atoms with Gasteiger partial charge in [0.15, 0.2) is 0 Å². The van der Waals surface area contributed by atoms with Crippen molar-refractivity contribution in [1.29, 1.82) is 0 Å². The standard InChI is InChI=1S/C15H20ClNS/c16-15-6-2-1-5-14(15)11-8-12(9-11)17-10-13-4-3-7-18-13/h1-2,5-6,11-13,17H,3-4,7-10H2. The van der Waals surface area contributed by atoms with E-state index in [0.29, 0.717) is 12.0 Å². The lowest BCUT2D eigenvalue weighted by Gasteiger charge is -2.37. The van der Waals surface area contributed by atoms with Crippen LogP contribution in [0, 0.1) is 0 Å². The van der Waals surface area contributed by atoms with Crippen LogP contribution in [0.4, 0.5) is 0 Å². The fraction of sp³-hybridized carbons (Fsp3) is 0.600. The van der Waals surface area contributed by atoms with Gasteiger partial charge in [0.05, 0.1) is 0 Å². The van der Waals surface area contributed by atoms with Crippen molar-refractivity contribution >= 4 is 23.4 Å². The van der Waals surface area contributed by atoms with Crippen molar-refractivity contribution in [3.8, 4) is 0 Å². The molecule has 1 aromatic carbocycles. The molecule has 1 atom stereocenters. The van der Waals surface area contributed by atoms with Crippen LogP contribution in [0.1, 0.15) is 37.2 Å². The molecular weight excluding hydrogens is 262 g/mol. The fourth-order valence-corrected chi connectivity index (χ4v) is 4.45. The minimum absolute atomic E-state index is 0.674. The normalized spacial score (nSPS) is 31.3. The molecule has 1 aliphatic heterocycles. The highest BCUT2D eigenvalue weighted by Crippen LogP contribution is 2.40. The molecule has 1 nitrogen and oxygen atoms in total. The first-order valence-corrected chi connectivity index (χ1v) is 8.35. The average Bonchev–Trinajstić information content (AvgIpc) is 2.82. The van der Waals surface area contributed by atoms with E-state index in [0.717, 1.165) is 10.3 Å². The van der Waals surface area contributed by atoms with Gasteiger partial charge in [0.25, 0.3) is 0 Å². The molecule has 1 saturated heterocycles. The van der Waals surface area contributed by atoms with Gasteiger partial charge < -0.3 is 5.32 Å². The number of rotatable bonds is 4. The summed E-state index contributed by atoms with van der Waals surface area (Å²) in [5.41, 5.74) is 1.34. The molecule has 0 aromatic heterocycles. The molecule has 1 aliphatic carbocycles. The van der Waals surface area contributed by atoms with Gasteiger partial charge in [0, 0.05) is 22.9 Å². The Labute approximate surface area is 119 Å². The van der Waals surface area contributed by atoms with E-state index in [1.165, 1.54) is 43.5 Å². The van der Waals surface area contributed by atoms with Crippen LogP contribution in [0.3, 0.4) is 0 Å². The van der Waals surface area contributed by atoms with Crippen molar-refractivity contribution in [3.05, 3.63) is 34.9 Å². The third-order valence-electron chi connectivity index (χ3n) is 4.14. The maximum Gasteiger partial charge on any atom is 0.0440 e. The molecule has 18 heavy (non-hydrogen) atoms. The number of nitrogens with one attached hydrogen (secondary N) is 1. The van der Waals surface area contributed by atoms with Gasteiger partial charge in [-0.25, -0.2) is 0 Å². The number of benzene rings is 1. The summed E-state index contributed by atoms with van der Waals surface area (Å²) in [6, 6.07) is 9.00. The lowest BCUT2D eigenvalue weighted by atomic mass is 9.76. The summed E-state index contributed by atoms with van der Waals surface area (Å²) in [4.78, 5) is 0. The zero-order valence-electron chi connectivity index (χ0n) is 10.6. The lowest BCUT2D eigenvalue weighted by molar-refractivity contribution is 0.291. The van der Waals surface area contributed by atoms with Crippen molar-refractivity contribution in [2.45, 2.75) is 42.9 Å². The van der Waals surface area contributed by atoms with Gasteiger partial charge in [-0.1, -0.05) is 29.8 Å². The first-order valence-electron chi connectivity index (χ1n) is 6.92. The van der Waals surface area contributed by atoms with Crippen LogP contribution >= 0.6 is 23.4 Å². The largest absolute Gasteiger partial charge is 0.313 e. The van der Waals surface area contributed by atoms with Crippen LogP contribution in [0.15, 0.2) is 24.3 Å². The van der Waals surface area contributed by atoms with E-state index in [2.05, 4.69) is 29.2 Å². The maximum absolute atomic E-state index is 6.24. The minimum Gasteiger partial charge on any atom is -0.313 e. The summed E-state index contributed by atoms with van der Waals surface area (Å²) in [5, 5.41) is 5.52. The van der Waals surface area contributed by atoms with Gasteiger partial charge in [-0.15, -0.1) is 0 Å². The van der Waals surface area contributed by atoms with Crippen LogP contribution < -0.4 is 5.32 Å². The molecule has 3 rings (SSSR count). The summed E-state index contributed by atoms with van der Waals surface area (Å²) < 4.78 is 0. The van der Waals surface area contributed by atoms with Gasteiger partial charge in [0.2, 0.25) is 0 Å². The van der Waals surface area contributed by atoms with Gasteiger partial charge in [-0.3, -0.25) is 0 Å². The van der Waals surface area contributed by atoms with Crippen LogP contribution in [-0.4, -0.2) is 23.6 Å². The molecular formula is C15H20ClNS. The van der Waals surface area contributed by atoms with E-state index in [9.17, 15) is 0 Å². The average molecular weight is 282 g/mol. The van der Waals surface area contributed by atoms with Gasteiger partial charge in [-0.05, 0) is 49.0 Å². The molecule has 1 saturated carbocycles. The Balaban J connectivity index is 1.44. The van der Waals surface area contributed by atoms with Crippen molar-refractivity contribution in [2.75, 3.05) is 12.3 Å². The third-order valence-corrected chi connectivity index (χ3v) is 5.88. The van der Waals surface area contributed by atoms with Crippen molar-refractivity contribution in [3.63, 3.8) is 0 Å². The predicted molar refractivity (Wildman–Crippen MR) is 80.7 cm³/mol. The molecule has 0 bridgehead atoms. The molecule has 1 unspecified atom stereocenters. The topological polar surface area (TPSA) is 12.0 Å². The maximum atomic E-state index is 6.24. The van der Waals surface area contributed by atoms with E-state index in [1.54, 1.807) is 0 Å². The molecule has 1 aromatic rings. The lowest BCUT2D eigenvalue weighted by Crippen LogP contribution is -2.42. The summed E-state index contributed by atoms with van der Waals surface area (Å²) in [6.07, 6.45) is 5.31. The molecule has 2 aliphatic rings. The highest BCUT2D eigenvalue weighted by molar-refractivity contribution is 8.00. The Morgan fingerprint density at radius 1 is 1.28 bits per heavy atom. The molecule has 1 heterocycles. The van der Waals surface area contributed by atoms with E-state index in [-0.39, 0.29) is 0 Å². The second-order valence-electron chi connectivity index (χ2n) is 5.43. The quantitative estimate of drug-likeness (QED) is 0.893. The van der Waals surface area contributed by atoms with Gasteiger partial charge in [0.1, 0.15) is 0 Å². The smallest absolute Gasteiger partial charge is 0.0440 e.